The number of anilines is 2. The smallest absolute Gasteiger partial charge is 0.245 e. The highest BCUT2D eigenvalue weighted by molar-refractivity contribution is 5.90. The van der Waals surface area contributed by atoms with E-state index in [1.165, 1.54) is 0 Å². The number of likely N-dealkylation sites (tertiary alicyclic amines) is 1. The molecule has 1 fully saturated rings. The van der Waals surface area contributed by atoms with Crippen LogP contribution < -0.4 is 15.5 Å². The Morgan fingerprint density at radius 3 is 2.38 bits per heavy atom. The van der Waals surface area contributed by atoms with Gasteiger partial charge in [-0.05, 0) is 62.6 Å². The summed E-state index contributed by atoms with van der Waals surface area (Å²) in [5.41, 5.74) is 3.34. The van der Waals surface area contributed by atoms with Crippen molar-refractivity contribution in [1.29, 1.82) is 0 Å². The van der Waals surface area contributed by atoms with Crippen molar-refractivity contribution in [3.05, 3.63) is 60.2 Å². The molecule has 2 aromatic rings. The summed E-state index contributed by atoms with van der Waals surface area (Å²) in [6, 6.07) is 17.8. The molecule has 0 aromatic heterocycles. The number of para-hydroxylation sites is 1. The van der Waals surface area contributed by atoms with E-state index in [4.69, 9.17) is 0 Å². The van der Waals surface area contributed by atoms with Gasteiger partial charge in [0.2, 0.25) is 11.8 Å². The van der Waals surface area contributed by atoms with Crippen molar-refractivity contribution in [2.24, 2.45) is 5.92 Å². The third kappa shape index (κ3) is 5.30. The monoisotopic (exact) mass is 436 g/mol. The van der Waals surface area contributed by atoms with E-state index in [1.54, 1.807) is 14.0 Å². The number of likely N-dealkylation sites (N-methyl/N-ethyl adjacent to an activating group) is 1. The minimum absolute atomic E-state index is 0.000898. The first-order valence-corrected chi connectivity index (χ1v) is 11.5. The van der Waals surface area contributed by atoms with Crippen LogP contribution in [-0.4, -0.2) is 49.4 Å². The quantitative estimate of drug-likeness (QED) is 0.659. The highest BCUT2D eigenvalue weighted by Crippen LogP contribution is 2.35. The van der Waals surface area contributed by atoms with Crippen LogP contribution in [0.3, 0.4) is 0 Å². The van der Waals surface area contributed by atoms with Crippen molar-refractivity contribution >= 4 is 23.2 Å². The van der Waals surface area contributed by atoms with E-state index in [2.05, 4.69) is 59.0 Å². The lowest BCUT2D eigenvalue weighted by Gasteiger charge is -2.32. The number of hydrogen-bond donors (Lipinski definition) is 2. The zero-order valence-electron chi connectivity index (χ0n) is 19.8. The fourth-order valence-corrected chi connectivity index (χ4v) is 4.22. The Morgan fingerprint density at radius 1 is 1.03 bits per heavy atom. The Morgan fingerprint density at radius 2 is 1.72 bits per heavy atom. The highest BCUT2D eigenvalue weighted by Gasteiger charge is 2.36. The van der Waals surface area contributed by atoms with Crippen LogP contribution in [-0.2, 0) is 9.59 Å². The Balaban J connectivity index is 1.81. The molecule has 1 aliphatic rings. The lowest BCUT2D eigenvalue weighted by Crippen LogP contribution is -2.54. The normalized spacial score (nSPS) is 17.8. The van der Waals surface area contributed by atoms with Gasteiger partial charge >= 0.3 is 0 Å². The fourth-order valence-electron chi connectivity index (χ4n) is 4.22. The summed E-state index contributed by atoms with van der Waals surface area (Å²) >= 11 is 0. The van der Waals surface area contributed by atoms with Crippen molar-refractivity contribution in [2.45, 2.75) is 51.7 Å². The molecular weight excluding hydrogens is 400 g/mol. The first-order valence-electron chi connectivity index (χ1n) is 11.5. The number of carbonyl (C=O) groups is 2. The van der Waals surface area contributed by atoms with Gasteiger partial charge in [-0.2, -0.15) is 0 Å². The molecule has 3 atom stereocenters. The summed E-state index contributed by atoms with van der Waals surface area (Å²) in [4.78, 5) is 30.1. The van der Waals surface area contributed by atoms with Crippen LogP contribution in [0, 0.1) is 5.92 Å². The Hall–Kier alpha value is -2.86. The van der Waals surface area contributed by atoms with Gasteiger partial charge in [0.15, 0.2) is 0 Å². The average Bonchev–Trinajstić information content (AvgIpc) is 3.31. The van der Waals surface area contributed by atoms with Gasteiger partial charge in [0.25, 0.3) is 0 Å². The van der Waals surface area contributed by atoms with Gasteiger partial charge in [-0.1, -0.05) is 44.2 Å². The molecule has 2 amide bonds. The molecule has 1 heterocycles. The Kier molecular flexibility index (Phi) is 7.91. The summed E-state index contributed by atoms with van der Waals surface area (Å²) in [6.45, 7) is 6.47. The lowest BCUT2D eigenvalue weighted by molar-refractivity contribution is -0.138. The zero-order valence-corrected chi connectivity index (χ0v) is 19.8. The van der Waals surface area contributed by atoms with E-state index >= 15 is 0 Å². The van der Waals surface area contributed by atoms with E-state index in [0.717, 1.165) is 29.8 Å². The van der Waals surface area contributed by atoms with Crippen molar-refractivity contribution in [2.75, 3.05) is 25.5 Å². The van der Waals surface area contributed by atoms with Gasteiger partial charge in [0.05, 0.1) is 12.1 Å². The largest absolute Gasteiger partial charge is 0.345 e. The second-order valence-electron chi connectivity index (χ2n) is 8.92. The molecule has 0 spiro atoms. The van der Waals surface area contributed by atoms with E-state index in [-0.39, 0.29) is 29.8 Å². The standard InChI is InChI=1S/C26H36N4O2/c1-18(2)24(28-25(31)19(3)27-4)26(32)30-16-10-15-23(30)20-11-9-14-22(17-20)29(5)21-12-7-6-8-13-21/h6-9,11-14,17-19,23-24,27H,10,15-16H2,1-5H3,(H,28,31)/t19?,23?,24-/m0/s1. The lowest BCUT2D eigenvalue weighted by atomic mass is 9.99. The van der Waals surface area contributed by atoms with Gasteiger partial charge in [-0.25, -0.2) is 0 Å². The number of rotatable bonds is 8. The molecule has 6 nitrogen and oxygen atoms in total. The molecule has 0 saturated carbocycles. The van der Waals surface area contributed by atoms with Crippen molar-refractivity contribution in [3.8, 4) is 0 Å². The molecular formula is C26H36N4O2. The van der Waals surface area contributed by atoms with Crippen LogP contribution in [0.25, 0.3) is 0 Å². The summed E-state index contributed by atoms with van der Waals surface area (Å²) in [5, 5.41) is 5.91. The van der Waals surface area contributed by atoms with Crippen LogP contribution >= 0.6 is 0 Å². The molecule has 6 heteroatoms. The maximum absolute atomic E-state index is 13.5. The van der Waals surface area contributed by atoms with Crippen molar-refractivity contribution in [3.63, 3.8) is 0 Å². The minimum Gasteiger partial charge on any atom is -0.345 e. The molecule has 0 aliphatic carbocycles. The third-order valence-corrected chi connectivity index (χ3v) is 6.38. The SMILES string of the molecule is CNC(C)C(=O)N[C@H](C(=O)N1CCCC1c1cccc(N(C)c2ccccc2)c1)C(C)C. The number of amides is 2. The van der Waals surface area contributed by atoms with E-state index in [9.17, 15) is 9.59 Å². The van der Waals surface area contributed by atoms with Crippen LogP contribution in [0.2, 0.25) is 0 Å². The topological polar surface area (TPSA) is 64.7 Å². The van der Waals surface area contributed by atoms with Crippen molar-refractivity contribution < 1.29 is 9.59 Å². The van der Waals surface area contributed by atoms with Crippen LogP contribution in [0.1, 0.15) is 45.2 Å². The molecule has 32 heavy (non-hydrogen) atoms. The number of hydrogen-bond acceptors (Lipinski definition) is 4. The number of carbonyl (C=O) groups excluding carboxylic acids is 2. The molecule has 0 radical (unpaired) electrons. The molecule has 172 valence electrons. The summed E-state index contributed by atoms with van der Waals surface area (Å²) < 4.78 is 0. The highest BCUT2D eigenvalue weighted by atomic mass is 16.2. The van der Waals surface area contributed by atoms with E-state index in [0.29, 0.717) is 6.54 Å². The second-order valence-corrected chi connectivity index (χ2v) is 8.92. The molecule has 3 rings (SSSR count). The van der Waals surface area contributed by atoms with Gasteiger partial charge in [-0.15, -0.1) is 0 Å². The van der Waals surface area contributed by atoms with Crippen LogP contribution in [0.15, 0.2) is 54.6 Å². The van der Waals surface area contributed by atoms with Crippen LogP contribution in [0.5, 0.6) is 0 Å². The summed E-state index contributed by atoms with van der Waals surface area (Å²) in [6.07, 6.45) is 1.89. The first-order chi connectivity index (χ1) is 15.3. The number of nitrogens with zero attached hydrogens (tertiary/aromatic N) is 2. The van der Waals surface area contributed by atoms with Gasteiger partial charge in [-0.3, -0.25) is 9.59 Å². The predicted octanol–water partition coefficient (Wildman–Crippen LogP) is 3.87. The van der Waals surface area contributed by atoms with Gasteiger partial charge < -0.3 is 20.4 Å². The molecule has 1 aliphatic heterocycles. The zero-order chi connectivity index (χ0) is 23.3. The first kappa shape index (κ1) is 23.8. The Labute approximate surface area is 192 Å². The predicted molar refractivity (Wildman–Crippen MR) is 130 cm³/mol. The van der Waals surface area contributed by atoms with Crippen molar-refractivity contribution in [1.82, 2.24) is 15.5 Å². The maximum atomic E-state index is 13.5. The average molecular weight is 437 g/mol. The molecule has 0 bridgehead atoms. The maximum Gasteiger partial charge on any atom is 0.245 e. The van der Waals surface area contributed by atoms with E-state index < -0.39 is 6.04 Å². The van der Waals surface area contributed by atoms with E-state index in [1.807, 2.05) is 36.9 Å². The van der Waals surface area contributed by atoms with Gasteiger partial charge in [0, 0.05) is 25.0 Å². The molecule has 2 aromatic carbocycles. The third-order valence-electron chi connectivity index (χ3n) is 6.38. The second kappa shape index (κ2) is 10.6. The molecule has 2 unspecified atom stereocenters. The number of nitrogens with one attached hydrogen (secondary N) is 2. The summed E-state index contributed by atoms with van der Waals surface area (Å²) in [7, 11) is 3.80. The minimum atomic E-state index is -0.533. The van der Waals surface area contributed by atoms with Gasteiger partial charge in [0.1, 0.15) is 6.04 Å². The summed E-state index contributed by atoms with van der Waals surface area (Å²) in [5.74, 6) is -0.143. The fraction of sp³-hybridized carbons (Fsp3) is 0.462. The van der Waals surface area contributed by atoms with Crippen LogP contribution in [0.4, 0.5) is 11.4 Å². The molecule has 1 saturated heterocycles. The number of benzene rings is 2. The molecule has 2 N–H and O–H groups in total. The Bertz CT molecular complexity index is 915.